The molecule has 0 spiro atoms. The monoisotopic (exact) mass is 445 g/mol. The molecule has 0 bridgehead atoms. The van der Waals surface area contributed by atoms with Gasteiger partial charge in [0.2, 0.25) is 5.95 Å². The first-order valence-corrected chi connectivity index (χ1v) is 9.78. The Kier molecular flexibility index (Phi) is 6.22. The number of carbonyl (C=O) groups excluding carboxylic acids is 1. The molecule has 2 N–H and O–H groups in total. The summed E-state index contributed by atoms with van der Waals surface area (Å²) in [5.74, 6) is 2.06. The van der Waals surface area contributed by atoms with Crippen molar-refractivity contribution in [3.63, 3.8) is 0 Å². The van der Waals surface area contributed by atoms with Gasteiger partial charge in [-0.3, -0.25) is 15.2 Å². The van der Waals surface area contributed by atoms with Crippen LogP contribution < -0.4 is 19.5 Å². The number of nitrogens with zero attached hydrogens (tertiary/aromatic N) is 3. The van der Waals surface area contributed by atoms with Gasteiger partial charge in [-0.25, -0.2) is 0 Å². The number of rotatable bonds is 8. The molecule has 0 saturated carbocycles. The zero-order valence-corrected chi connectivity index (χ0v) is 17.8. The van der Waals surface area contributed by atoms with Gasteiger partial charge in [0, 0.05) is 6.07 Å². The average Bonchev–Trinajstić information content (AvgIpc) is 3.52. The SMILES string of the molecule is COc1ccc(-c2nc(NC(=O)c3ccc(COc4ccccc4C#N)o3)n[nH]2)c(OC)c1. The molecule has 0 aliphatic carbocycles. The number of para-hydroxylation sites is 1. The predicted octanol–water partition coefficient (Wildman–Crippen LogP) is 3.78. The Morgan fingerprint density at radius 2 is 1.97 bits per heavy atom. The van der Waals surface area contributed by atoms with Crippen molar-refractivity contribution in [3.05, 3.63) is 71.7 Å². The molecule has 0 radical (unpaired) electrons. The van der Waals surface area contributed by atoms with Crippen molar-refractivity contribution < 1.29 is 23.4 Å². The Labute approximate surface area is 188 Å². The molecule has 0 fully saturated rings. The highest BCUT2D eigenvalue weighted by Crippen LogP contribution is 2.31. The van der Waals surface area contributed by atoms with Gasteiger partial charge >= 0.3 is 0 Å². The summed E-state index contributed by atoms with van der Waals surface area (Å²) in [7, 11) is 3.10. The quantitative estimate of drug-likeness (QED) is 0.418. The number of aromatic amines is 1. The maximum atomic E-state index is 12.5. The fraction of sp³-hybridized carbons (Fsp3) is 0.130. The topological polar surface area (TPSA) is 135 Å². The molecular weight excluding hydrogens is 426 g/mol. The van der Waals surface area contributed by atoms with Crippen molar-refractivity contribution in [1.82, 2.24) is 15.2 Å². The third-order valence-corrected chi connectivity index (χ3v) is 4.64. The van der Waals surface area contributed by atoms with Crippen LogP contribution >= 0.6 is 0 Å². The highest BCUT2D eigenvalue weighted by molar-refractivity contribution is 6.01. The third kappa shape index (κ3) is 4.77. The van der Waals surface area contributed by atoms with E-state index >= 15 is 0 Å². The zero-order valence-electron chi connectivity index (χ0n) is 17.8. The van der Waals surface area contributed by atoms with Crippen LogP contribution in [0.3, 0.4) is 0 Å². The largest absolute Gasteiger partial charge is 0.497 e. The van der Waals surface area contributed by atoms with Crippen LogP contribution in [0.1, 0.15) is 21.9 Å². The normalized spacial score (nSPS) is 10.3. The van der Waals surface area contributed by atoms with E-state index in [9.17, 15) is 4.79 Å². The number of furan rings is 1. The molecular formula is C23H19N5O5. The van der Waals surface area contributed by atoms with Crippen LogP contribution in [0.25, 0.3) is 11.4 Å². The van der Waals surface area contributed by atoms with E-state index in [1.54, 1.807) is 55.6 Å². The number of amides is 1. The molecule has 0 unspecified atom stereocenters. The summed E-state index contributed by atoms with van der Waals surface area (Å²) in [6, 6.07) is 17.3. The lowest BCUT2D eigenvalue weighted by molar-refractivity contribution is 0.0991. The van der Waals surface area contributed by atoms with Crippen molar-refractivity contribution in [2.75, 3.05) is 19.5 Å². The fourth-order valence-electron chi connectivity index (χ4n) is 3.01. The van der Waals surface area contributed by atoms with E-state index in [1.807, 2.05) is 0 Å². The Bertz CT molecular complexity index is 1320. The van der Waals surface area contributed by atoms with Crippen molar-refractivity contribution in [3.8, 4) is 34.7 Å². The maximum Gasteiger partial charge on any atom is 0.293 e. The number of benzene rings is 2. The Hall–Kier alpha value is -4.78. The standard InChI is InChI=1S/C23H19N5O5/c1-30-15-7-9-17(20(11-15)31-2)21-25-23(28-27-21)26-22(29)19-10-8-16(33-19)13-32-18-6-4-3-5-14(18)12-24/h3-11H,13H2,1-2H3,(H2,25,26,27,28,29). The number of H-pyrrole nitrogens is 1. The number of carbonyl (C=O) groups is 1. The van der Waals surface area contributed by atoms with Gasteiger partial charge in [-0.05, 0) is 36.4 Å². The Morgan fingerprint density at radius 3 is 2.76 bits per heavy atom. The fourth-order valence-corrected chi connectivity index (χ4v) is 3.01. The number of ether oxygens (including phenoxy) is 3. The molecule has 2 aromatic carbocycles. The summed E-state index contributed by atoms with van der Waals surface area (Å²) in [6.07, 6.45) is 0. The lowest BCUT2D eigenvalue weighted by Gasteiger charge is -2.07. The first-order valence-electron chi connectivity index (χ1n) is 9.78. The molecule has 166 valence electrons. The van der Waals surface area contributed by atoms with Crippen molar-refractivity contribution in [1.29, 1.82) is 5.26 Å². The van der Waals surface area contributed by atoms with Crippen molar-refractivity contribution in [2.24, 2.45) is 0 Å². The minimum Gasteiger partial charge on any atom is -0.497 e. The molecule has 2 heterocycles. The molecule has 10 nitrogen and oxygen atoms in total. The van der Waals surface area contributed by atoms with E-state index < -0.39 is 5.91 Å². The predicted molar refractivity (Wildman–Crippen MR) is 117 cm³/mol. The second-order valence-corrected chi connectivity index (χ2v) is 6.69. The summed E-state index contributed by atoms with van der Waals surface area (Å²) >= 11 is 0. The zero-order chi connectivity index (χ0) is 23.2. The summed E-state index contributed by atoms with van der Waals surface area (Å²) in [5, 5.41) is 18.5. The molecule has 4 aromatic rings. The summed E-state index contributed by atoms with van der Waals surface area (Å²) in [5.41, 5.74) is 1.07. The average molecular weight is 445 g/mol. The second-order valence-electron chi connectivity index (χ2n) is 6.69. The lowest BCUT2D eigenvalue weighted by atomic mass is 10.2. The molecule has 10 heteroatoms. The highest BCUT2D eigenvalue weighted by atomic mass is 16.5. The van der Waals surface area contributed by atoms with Crippen LogP contribution in [-0.2, 0) is 6.61 Å². The number of anilines is 1. The van der Waals surface area contributed by atoms with Crippen molar-refractivity contribution >= 4 is 11.9 Å². The Balaban J connectivity index is 1.41. The molecule has 0 aliphatic rings. The molecule has 4 rings (SSSR count). The second kappa shape index (κ2) is 9.57. The number of nitriles is 1. The van der Waals surface area contributed by atoms with E-state index in [1.165, 1.54) is 13.2 Å². The summed E-state index contributed by atoms with van der Waals surface area (Å²) in [6.45, 7) is 0.0635. The van der Waals surface area contributed by atoms with Crippen LogP contribution in [0.4, 0.5) is 5.95 Å². The number of nitrogens with one attached hydrogen (secondary N) is 2. The maximum absolute atomic E-state index is 12.5. The van der Waals surface area contributed by atoms with Crippen LogP contribution in [0, 0.1) is 11.3 Å². The van der Waals surface area contributed by atoms with E-state index in [0.717, 1.165) is 0 Å². The van der Waals surface area contributed by atoms with Gasteiger partial charge in [-0.15, -0.1) is 5.10 Å². The van der Waals surface area contributed by atoms with E-state index in [4.69, 9.17) is 23.9 Å². The van der Waals surface area contributed by atoms with E-state index in [0.29, 0.717) is 40.0 Å². The van der Waals surface area contributed by atoms with Gasteiger partial charge in [-0.2, -0.15) is 10.2 Å². The van der Waals surface area contributed by atoms with Gasteiger partial charge < -0.3 is 18.6 Å². The first kappa shape index (κ1) is 21.5. The molecule has 0 aliphatic heterocycles. The van der Waals surface area contributed by atoms with Crippen LogP contribution in [-0.4, -0.2) is 35.3 Å². The van der Waals surface area contributed by atoms with Gasteiger partial charge in [0.1, 0.15) is 35.7 Å². The van der Waals surface area contributed by atoms with Gasteiger partial charge in [-0.1, -0.05) is 12.1 Å². The van der Waals surface area contributed by atoms with Gasteiger partial charge in [0.15, 0.2) is 11.6 Å². The highest BCUT2D eigenvalue weighted by Gasteiger charge is 2.17. The lowest BCUT2D eigenvalue weighted by Crippen LogP contribution is -2.12. The van der Waals surface area contributed by atoms with Gasteiger partial charge in [0.25, 0.3) is 5.91 Å². The molecule has 0 saturated heterocycles. The third-order valence-electron chi connectivity index (χ3n) is 4.64. The minimum atomic E-state index is -0.522. The van der Waals surface area contributed by atoms with Crippen LogP contribution in [0.15, 0.2) is 59.0 Å². The molecule has 0 atom stereocenters. The van der Waals surface area contributed by atoms with Crippen LogP contribution in [0.2, 0.25) is 0 Å². The van der Waals surface area contributed by atoms with E-state index in [-0.39, 0.29) is 18.3 Å². The van der Waals surface area contributed by atoms with Crippen molar-refractivity contribution in [2.45, 2.75) is 6.61 Å². The number of methoxy groups -OCH3 is 2. The summed E-state index contributed by atoms with van der Waals surface area (Å²) in [4.78, 5) is 16.8. The van der Waals surface area contributed by atoms with Gasteiger partial charge in [0.05, 0.1) is 25.3 Å². The number of hydrogen-bond donors (Lipinski definition) is 2. The summed E-state index contributed by atoms with van der Waals surface area (Å²) < 4.78 is 21.7. The molecule has 33 heavy (non-hydrogen) atoms. The first-order chi connectivity index (χ1) is 16.1. The molecule has 1 amide bonds. The Morgan fingerprint density at radius 1 is 1.12 bits per heavy atom. The smallest absolute Gasteiger partial charge is 0.293 e. The molecule has 2 aromatic heterocycles. The number of hydrogen-bond acceptors (Lipinski definition) is 8. The minimum absolute atomic E-state index is 0.0635. The van der Waals surface area contributed by atoms with E-state index in [2.05, 4.69) is 26.6 Å². The van der Waals surface area contributed by atoms with Crippen LogP contribution in [0.5, 0.6) is 17.2 Å². The number of aromatic nitrogens is 3.